The van der Waals surface area contributed by atoms with Gasteiger partial charge in [0.25, 0.3) is 0 Å². The summed E-state index contributed by atoms with van der Waals surface area (Å²) in [4.78, 5) is 17.7. The zero-order valence-corrected chi connectivity index (χ0v) is 10.3. The lowest BCUT2D eigenvalue weighted by atomic mass is 10.3. The SMILES string of the molecule is CCN(C)C(=O)CCn1cnc2ccccc21. The van der Waals surface area contributed by atoms with Crippen LogP contribution in [0.15, 0.2) is 30.6 Å². The molecule has 90 valence electrons. The maximum absolute atomic E-state index is 11.7. The van der Waals surface area contributed by atoms with Gasteiger partial charge in [0, 0.05) is 26.6 Å². The Morgan fingerprint density at radius 2 is 2.18 bits per heavy atom. The number of nitrogens with zero attached hydrogens (tertiary/aromatic N) is 3. The van der Waals surface area contributed by atoms with Crippen LogP contribution < -0.4 is 0 Å². The van der Waals surface area contributed by atoms with Crippen molar-refractivity contribution in [2.45, 2.75) is 19.9 Å². The summed E-state index contributed by atoms with van der Waals surface area (Å²) in [6.07, 6.45) is 2.31. The first kappa shape index (κ1) is 11.6. The van der Waals surface area contributed by atoms with Gasteiger partial charge < -0.3 is 9.47 Å². The van der Waals surface area contributed by atoms with Gasteiger partial charge in [-0.05, 0) is 19.1 Å². The fourth-order valence-electron chi connectivity index (χ4n) is 1.77. The number of para-hydroxylation sites is 2. The van der Waals surface area contributed by atoms with Crippen molar-refractivity contribution in [3.63, 3.8) is 0 Å². The number of hydrogen-bond donors (Lipinski definition) is 0. The molecular weight excluding hydrogens is 214 g/mol. The highest BCUT2D eigenvalue weighted by Crippen LogP contribution is 2.12. The molecule has 0 aliphatic heterocycles. The Labute approximate surface area is 101 Å². The average molecular weight is 231 g/mol. The highest BCUT2D eigenvalue weighted by Gasteiger charge is 2.07. The minimum Gasteiger partial charge on any atom is -0.346 e. The van der Waals surface area contributed by atoms with E-state index < -0.39 is 0 Å². The van der Waals surface area contributed by atoms with Crippen molar-refractivity contribution in [1.82, 2.24) is 14.5 Å². The molecule has 0 fully saturated rings. The van der Waals surface area contributed by atoms with Gasteiger partial charge in [-0.3, -0.25) is 4.79 Å². The van der Waals surface area contributed by atoms with Crippen LogP contribution in [0.4, 0.5) is 0 Å². The number of aryl methyl sites for hydroxylation is 1. The third-order valence-corrected chi connectivity index (χ3v) is 2.99. The molecule has 1 aromatic carbocycles. The van der Waals surface area contributed by atoms with Crippen LogP contribution in [0.3, 0.4) is 0 Å². The third-order valence-electron chi connectivity index (χ3n) is 2.99. The lowest BCUT2D eigenvalue weighted by molar-refractivity contribution is -0.129. The minimum absolute atomic E-state index is 0.172. The Hall–Kier alpha value is -1.84. The van der Waals surface area contributed by atoms with Crippen molar-refractivity contribution in [2.24, 2.45) is 0 Å². The lowest BCUT2D eigenvalue weighted by Crippen LogP contribution is -2.26. The number of hydrogen-bond acceptors (Lipinski definition) is 2. The summed E-state index contributed by atoms with van der Waals surface area (Å²) in [5, 5.41) is 0. The maximum Gasteiger partial charge on any atom is 0.224 e. The second-order valence-electron chi connectivity index (χ2n) is 4.08. The molecule has 0 unspecified atom stereocenters. The van der Waals surface area contributed by atoms with Crippen molar-refractivity contribution >= 4 is 16.9 Å². The van der Waals surface area contributed by atoms with Gasteiger partial charge in [0.2, 0.25) is 5.91 Å². The zero-order valence-electron chi connectivity index (χ0n) is 10.3. The van der Waals surface area contributed by atoms with Crippen molar-refractivity contribution in [2.75, 3.05) is 13.6 Å². The summed E-state index contributed by atoms with van der Waals surface area (Å²) >= 11 is 0. The maximum atomic E-state index is 11.7. The highest BCUT2D eigenvalue weighted by atomic mass is 16.2. The predicted octanol–water partition coefficient (Wildman–Crippen LogP) is 1.90. The van der Waals surface area contributed by atoms with Gasteiger partial charge in [-0.25, -0.2) is 4.98 Å². The first-order chi connectivity index (χ1) is 8.22. The monoisotopic (exact) mass is 231 g/mol. The van der Waals surface area contributed by atoms with E-state index in [0.717, 1.165) is 17.6 Å². The molecule has 2 rings (SSSR count). The number of fused-ring (bicyclic) bond motifs is 1. The van der Waals surface area contributed by atoms with Crippen LogP contribution in [0.25, 0.3) is 11.0 Å². The van der Waals surface area contributed by atoms with Gasteiger partial charge in [0.15, 0.2) is 0 Å². The van der Waals surface area contributed by atoms with Crippen LogP contribution in [-0.4, -0.2) is 34.0 Å². The smallest absolute Gasteiger partial charge is 0.224 e. The molecular formula is C13H17N3O. The molecule has 0 aliphatic rings. The number of benzene rings is 1. The summed E-state index contributed by atoms with van der Waals surface area (Å²) in [7, 11) is 1.83. The summed E-state index contributed by atoms with van der Waals surface area (Å²) in [6.45, 7) is 3.41. The van der Waals surface area contributed by atoms with E-state index in [9.17, 15) is 4.79 Å². The summed E-state index contributed by atoms with van der Waals surface area (Å²) in [5.41, 5.74) is 2.06. The number of aromatic nitrogens is 2. The Kier molecular flexibility index (Phi) is 3.42. The average Bonchev–Trinajstić information content (AvgIpc) is 2.78. The quantitative estimate of drug-likeness (QED) is 0.806. The van der Waals surface area contributed by atoms with Gasteiger partial charge in [-0.15, -0.1) is 0 Å². The number of amides is 1. The molecule has 0 atom stereocenters. The predicted molar refractivity (Wildman–Crippen MR) is 67.7 cm³/mol. The van der Waals surface area contributed by atoms with E-state index in [4.69, 9.17) is 0 Å². The number of imidazole rings is 1. The van der Waals surface area contributed by atoms with Crippen molar-refractivity contribution in [3.8, 4) is 0 Å². The van der Waals surface area contributed by atoms with E-state index in [-0.39, 0.29) is 5.91 Å². The molecule has 0 bridgehead atoms. The lowest BCUT2D eigenvalue weighted by Gasteiger charge is -2.14. The van der Waals surface area contributed by atoms with E-state index in [1.165, 1.54) is 0 Å². The second-order valence-corrected chi connectivity index (χ2v) is 4.08. The molecule has 1 aromatic heterocycles. The van der Waals surface area contributed by atoms with Crippen LogP contribution in [0, 0.1) is 0 Å². The number of rotatable bonds is 4. The van der Waals surface area contributed by atoms with E-state index in [0.29, 0.717) is 13.0 Å². The molecule has 0 saturated heterocycles. The minimum atomic E-state index is 0.172. The molecule has 0 N–H and O–H groups in total. The Balaban J connectivity index is 2.07. The van der Waals surface area contributed by atoms with E-state index >= 15 is 0 Å². The van der Waals surface area contributed by atoms with Crippen LogP contribution in [0.1, 0.15) is 13.3 Å². The van der Waals surface area contributed by atoms with E-state index in [1.807, 2.05) is 42.8 Å². The van der Waals surface area contributed by atoms with Gasteiger partial charge >= 0.3 is 0 Å². The normalized spacial score (nSPS) is 10.7. The highest BCUT2D eigenvalue weighted by molar-refractivity contribution is 5.77. The molecule has 2 aromatic rings. The van der Waals surface area contributed by atoms with Crippen LogP contribution >= 0.6 is 0 Å². The molecule has 0 aliphatic carbocycles. The molecule has 1 heterocycles. The standard InChI is InChI=1S/C13H17N3O/c1-3-15(2)13(17)8-9-16-10-14-11-6-4-5-7-12(11)16/h4-7,10H,3,8-9H2,1-2H3. The zero-order chi connectivity index (χ0) is 12.3. The van der Waals surface area contributed by atoms with Crippen molar-refractivity contribution < 1.29 is 4.79 Å². The van der Waals surface area contributed by atoms with E-state index in [1.54, 1.807) is 11.2 Å². The molecule has 17 heavy (non-hydrogen) atoms. The molecule has 0 radical (unpaired) electrons. The Bertz CT molecular complexity index is 518. The van der Waals surface area contributed by atoms with Gasteiger partial charge in [-0.1, -0.05) is 12.1 Å². The fourth-order valence-corrected chi connectivity index (χ4v) is 1.77. The molecule has 1 amide bonds. The number of carbonyl (C=O) groups excluding carboxylic acids is 1. The first-order valence-electron chi connectivity index (χ1n) is 5.86. The third kappa shape index (κ3) is 2.46. The van der Waals surface area contributed by atoms with Crippen LogP contribution in [0.5, 0.6) is 0 Å². The van der Waals surface area contributed by atoms with Crippen molar-refractivity contribution in [3.05, 3.63) is 30.6 Å². The first-order valence-corrected chi connectivity index (χ1v) is 5.86. The fraction of sp³-hybridized carbons (Fsp3) is 0.385. The Morgan fingerprint density at radius 3 is 2.94 bits per heavy atom. The molecule has 0 spiro atoms. The second kappa shape index (κ2) is 4.99. The van der Waals surface area contributed by atoms with Crippen molar-refractivity contribution in [1.29, 1.82) is 0 Å². The topological polar surface area (TPSA) is 38.1 Å². The molecule has 0 saturated carbocycles. The van der Waals surface area contributed by atoms with Crippen LogP contribution in [0.2, 0.25) is 0 Å². The Morgan fingerprint density at radius 1 is 1.41 bits per heavy atom. The molecule has 4 nitrogen and oxygen atoms in total. The summed E-state index contributed by atoms with van der Waals surface area (Å²) in [6, 6.07) is 7.96. The number of carbonyl (C=O) groups is 1. The largest absolute Gasteiger partial charge is 0.346 e. The molecule has 4 heteroatoms. The van der Waals surface area contributed by atoms with Gasteiger partial charge in [0.05, 0.1) is 17.4 Å². The summed E-state index contributed by atoms with van der Waals surface area (Å²) in [5.74, 6) is 0.172. The van der Waals surface area contributed by atoms with Gasteiger partial charge in [-0.2, -0.15) is 0 Å². The van der Waals surface area contributed by atoms with Gasteiger partial charge in [0.1, 0.15) is 0 Å². The van der Waals surface area contributed by atoms with Crippen LogP contribution in [-0.2, 0) is 11.3 Å². The summed E-state index contributed by atoms with van der Waals surface area (Å²) < 4.78 is 2.02. The van der Waals surface area contributed by atoms with E-state index in [2.05, 4.69) is 4.98 Å².